The van der Waals surface area contributed by atoms with Gasteiger partial charge in [0.05, 0.1) is 17.1 Å². The molecule has 0 radical (unpaired) electrons. The van der Waals surface area contributed by atoms with Gasteiger partial charge in [-0.05, 0) is 25.0 Å². The van der Waals surface area contributed by atoms with Crippen LogP contribution in [0.15, 0.2) is 41.6 Å². The summed E-state index contributed by atoms with van der Waals surface area (Å²) >= 11 is 2.82. The van der Waals surface area contributed by atoms with Crippen molar-refractivity contribution in [3.63, 3.8) is 0 Å². The number of nitrogens with one attached hydrogen (secondary N) is 1. The number of thiophene rings is 1. The van der Waals surface area contributed by atoms with Crippen LogP contribution < -0.4 is 10.2 Å². The highest BCUT2D eigenvalue weighted by molar-refractivity contribution is 8.00. The highest BCUT2D eigenvalue weighted by Crippen LogP contribution is 2.34. The number of benzene rings is 1. The summed E-state index contributed by atoms with van der Waals surface area (Å²) in [5, 5.41) is 12.1. The second kappa shape index (κ2) is 11.7. The number of hydrogen-bond acceptors (Lipinski definition) is 8. The van der Waals surface area contributed by atoms with E-state index >= 15 is 0 Å². The highest BCUT2D eigenvalue weighted by Gasteiger charge is 2.25. The van der Waals surface area contributed by atoms with Crippen LogP contribution in [-0.4, -0.2) is 75.7 Å². The number of carboxylic acid groups (broad SMARTS) is 1. The topological polar surface area (TPSA) is 116 Å². The van der Waals surface area contributed by atoms with Gasteiger partial charge in [-0.2, -0.15) is 0 Å². The van der Waals surface area contributed by atoms with Crippen molar-refractivity contribution in [2.45, 2.75) is 37.1 Å². The van der Waals surface area contributed by atoms with Gasteiger partial charge >= 0.3 is 5.97 Å². The lowest BCUT2D eigenvalue weighted by molar-refractivity contribution is -0.137. The number of thioether (sulfide) groups is 1. The third-order valence-electron chi connectivity index (χ3n) is 5.95. The van der Waals surface area contributed by atoms with E-state index in [2.05, 4.69) is 28.2 Å². The summed E-state index contributed by atoms with van der Waals surface area (Å²) in [5.41, 5.74) is 1.01. The summed E-state index contributed by atoms with van der Waals surface area (Å²) in [6.45, 7) is 5.91. The van der Waals surface area contributed by atoms with Crippen molar-refractivity contribution < 1.29 is 19.5 Å². The molecule has 1 aromatic carbocycles. The zero-order valence-corrected chi connectivity index (χ0v) is 21.9. The minimum Gasteiger partial charge on any atom is -0.480 e. The average molecular weight is 528 g/mol. The molecule has 1 unspecified atom stereocenters. The van der Waals surface area contributed by atoms with Gasteiger partial charge in [0.1, 0.15) is 17.2 Å². The second-order valence-electron chi connectivity index (χ2n) is 8.52. The summed E-state index contributed by atoms with van der Waals surface area (Å²) in [4.78, 5) is 51.5. The molecule has 1 saturated heterocycles. The minimum absolute atomic E-state index is 0.120. The molecule has 1 atom stereocenters. The number of anilines is 1. The average Bonchev–Trinajstić information content (AvgIpc) is 3.30. The second-order valence-corrected chi connectivity index (χ2v) is 10.9. The fourth-order valence-electron chi connectivity index (χ4n) is 3.97. The van der Waals surface area contributed by atoms with Gasteiger partial charge in [0.15, 0.2) is 5.16 Å². The van der Waals surface area contributed by atoms with Crippen LogP contribution in [0.3, 0.4) is 0 Å². The van der Waals surface area contributed by atoms with E-state index < -0.39 is 17.8 Å². The van der Waals surface area contributed by atoms with Gasteiger partial charge in [0, 0.05) is 31.1 Å². The van der Waals surface area contributed by atoms with E-state index in [4.69, 9.17) is 10.1 Å². The fraction of sp³-hybridized carbons (Fsp3) is 0.400. The number of nitrogens with zero attached hydrogens (tertiary/aromatic N) is 4. The number of aromatic nitrogens is 2. The smallest absolute Gasteiger partial charge is 0.322 e. The van der Waals surface area contributed by atoms with Crippen LogP contribution in [0.5, 0.6) is 0 Å². The summed E-state index contributed by atoms with van der Waals surface area (Å²) < 4.78 is 0. The Hall–Kier alpha value is -3.18. The summed E-state index contributed by atoms with van der Waals surface area (Å²) in [6, 6.07) is 11.9. The third-order valence-corrected chi connectivity index (χ3v) is 8.08. The van der Waals surface area contributed by atoms with Crippen LogP contribution in [0.25, 0.3) is 10.2 Å². The van der Waals surface area contributed by atoms with Gasteiger partial charge in [-0.1, -0.05) is 49.0 Å². The van der Waals surface area contributed by atoms with Crippen molar-refractivity contribution in [1.82, 2.24) is 20.2 Å². The molecular formula is C25H29N5O4S2. The van der Waals surface area contributed by atoms with Crippen LogP contribution in [-0.2, 0) is 27.2 Å². The summed E-state index contributed by atoms with van der Waals surface area (Å²) in [7, 11) is 0. The molecule has 2 amide bonds. The number of carboxylic acids is 1. The molecule has 9 nitrogen and oxygen atoms in total. The summed E-state index contributed by atoms with van der Waals surface area (Å²) in [5.74, 6) is -0.534. The SMILES string of the molecule is CCc1cc2c(N3CCN(C(=O)Cc4ccccc4)CC3)nc(SC(C)C(=O)NCC(=O)O)nc2s1. The largest absolute Gasteiger partial charge is 0.480 e. The zero-order valence-electron chi connectivity index (χ0n) is 20.3. The van der Waals surface area contributed by atoms with Crippen molar-refractivity contribution in [3.05, 3.63) is 46.8 Å². The van der Waals surface area contributed by atoms with Crippen LogP contribution in [0.4, 0.5) is 5.82 Å². The Morgan fingerprint density at radius 2 is 1.86 bits per heavy atom. The minimum atomic E-state index is -1.09. The molecule has 36 heavy (non-hydrogen) atoms. The van der Waals surface area contributed by atoms with Crippen molar-refractivity contribution >= 4 is 56.9 Å². The number of amides is 2. The first-order valence-electron chi connectivity index (χ1n) is 11.9. The van der Waals surface area contributed by atoms with E-state index in [1.54, 1.807) is 18.3 Å². The first-order chi connectivity index (χ1) is 17.3. The lowest BCUT2D eigenvalue weighted by atomic mass is 10.1. The molecule has 3 heterocycles. The van der Waals surface area contributed by atoms with Crippen LogP contribution in [0, 0.1) is 0 Å². The Bertz CT molecular complexity index is 1240. The molecule has 4 rings (SSSR count). The van der Waals surface area contributed by atoms with Gasteiger partial charge in [-0.3, -0.25) is 14.4 Å². The molecule has 2 aromatic heterocycles. The molecule has 0 spiro atoms. The van der Waals surface area contributed by atoms with Gasteiger partial charge in [0.2, 0.25) is 11.8 Å². The van der Waals surface area contributed by atoms with E-state index in [0.717, 1.165) is 28.0 Å². The molecule has 11 heteroatoms. The number of aryl methyl sites for hydroxylation is 1. The maximum Gasteiger partial charge on any atom is 0.322 e. The van der Waals surface area contributed by atoms with E-state index in [1.807, 2.05) is 35.2 Å². The number of piperazine rings is 1. The quantitative estimate of drug-likeness (QED) is 0.322. The molecule has 1 fully saturated rings. The number of hydrogen-bond donors (Lipinski definition) is 2. The number of fused-ring (bicyclic) bond motifs is 1. The normalized spacial score (nSPS) is 14.6. The Kier molecular flexibility index (Phi) is 8.42. The van der Waals surface area contributed by atoms with Crippen LogP contribution in [0.2, 0.25) is 0 Å². The first kappa shape index (κ1) is 25.9. The molecule has 0 aliphatic carbocycles. The Labute approximate surface area is 217 Å². The van der Waals surface area contributed by atoms with Crippen LogP contribution >= 0.6 is 23.1 Å². The fourth-order valence-corrected chi connectivity index (χ4v) is 5.78. The Morgan fingerprint density at radius 1 is 1.14 bits per heavy atom. The molecule has 0 bridgehead atoms. The molecule has 190 valence electrons. The standard InChI is InChI=1S/C25H29N5O4S2/c1-3-18-14-19-22(27-25(28-24(19)36-18)35-16(2)23(34)26-15-21(32)33)30-11-9-29(10-12-30)20(31)13-17-7-5-4-6-8-17/h4-8,14,16H,3,9-13,15H2,1-2H3,(H,26,34)(H,32,33). The van der Waals surface area contributed by atoms with E-state index in [0.29, 0.717) is 37.8 Å². The number of rotatable bonds is 9. The van der Waals surface area contributed by atoms with Crippen molar-refractivity contribution in [3.8, 4) is 0 Å². The zero-order chi connectivity index (χ0) is 25.7. The first-order valence-corrected chi connectivity index (χ1v) is 13.6. The maximum absolute atomic E-state index is 12.8. The predicted octanol–water partition coefficient (Wildman–Crippen LogP) is 2.83. The molecule has 3 aromatic rings. The number of aliphatic carboxylic acids is 1. The number of carbonyl (C=O) groups excluding carboxylic acids is 2. The van der Waals surface area contributed by atoms with E-state index in [1.165, 1.54) is 16.6 Å². The van der Waals surface area contributed by atoms with Crippen LogP contribution in [0.1, 0.15) is 24.3 Å². The monoisotopic (exact) mass is 527 g/mol. The highest BCUT2D eigenvalue weighted by atomic mass is 32.2. The van der Waals surface area contributed by atoms with Gasteiger partial charge in [-0.25, -0.2) is 9.97 Å². The van der Waals surface area contributed by atoms with E-state index in [-0.39, 0.29) is 11.8 Å². The van der Waals surface area contributed by atoms with Crippen molar-refractivity contribution in [2.24, 2.45) is 0 Å². The maximum atomic E-state index is 12.8. The lowest BCUT2D eigenvalue weighted by Gasteiger charge is -2.35. The van der Waals surface area contributed by atoms with Gasteiger partial charge in [-0.15, -0.1) is 11.3 Å². The van der Waals surface area contributed by atoms with Crippen molar-refractivity contribution in [1.29, 1.82) is 0 Å². The molecule has 1 aliphatic rings. The van der Waals surface area contributed by atoms with Gasteiger partial charge in [0.25, 0.3) is 0 Å². The van der Waals surface area contributed by atoms with Crippen molar-refractivity contribution in [2.75, 3.05) is 37.6 Å². The Balaban J connectivity index is 1.48. The summed E-state index contributed by atoms with van der Waals surface area (Å²) in [6.07, 6.45) is 1.28. The number of carbonyl (C=O) groups is 3. The lowest BCUT2D eigenvalue weighted by Crippen LogP contribution is -2.49. The molecule has 2 N–H and O–H groups in total. The molecular weight excluding hydrogens is 498 g/mol. The predicted molar refractivity (Wildman–Crippen MR) is 142 cm³/mol. The molecule has 0 saturated carbocycles. The van der Waals surface area contributed by atoms with E-state index in [9.17, 15) is 14.4 Å². The van der Waals surface area contributed by atoms with Gasteiger partial charge < -0.3 is 20.2 Å². The molecule has 1 aliphatic heterocycles. The Morgan fingerprint density at radius 3 is 2.53 bits per heavy atom. The third kappa shape index (κ3) is 6.33.